The van der Waals surface area contributed by atoms with Crippen molar-refractivity contribution in [3.05, 3.63) is 46.7 Å². The summed E-state index contributed by atoms with van der Waals surface area (Å²) >= 11 is 1.60. The van der Waals surface area contributed by atoms with Crippen LogP contribution in [-0.2, 0) is 16.4 Å². The number of para-hydroxylation sites is 1. The molecule has 0 saturated carbocycles. The number of sulfonamides is 1. The van der Waals surface area contributed by atoms with Crippen LogP contribution in [-0.4, -0.2) is 15.0 Å². The van der Waals surface area contributed by atoms with E-state index >= 15 is 0 Å². The van der Waals surface area contributed by atoms with Crippen LogP contribution >= 0.6 is 11.3 Å². The Morgan fingerprint density at radius 1 is 1.21 bits per heavy atom. The van der Waals surface area contributed by atoms with Gasteiger partial charge in [0.05, 0.1) is 5.69 Å². The number of nitrogen functional groups attached to an aromatic ring is 1. The number of benzene rings is 1. The van der Waals surface area contributed by atoms with Crippen LogP contribution in [0.3, 0.4) is 0 Å². The zero-order valence-electron chi connectivity index (χ0n) is 10.2. The molecular weight excluding hydrogens is 282 g/mol. The fourth-order valence-electron chi connectivity index (χ4n) is 1.66. The van der Waals surface area contributed by atoms with Gasteiger partial charge in [0.2, 0.25) is 10.0 Å². The van der Waals surface area contributed by atoms with Gasteiger partial charge in [-0.3, -0.25) is 5.84 Å². The van der Waals surface area contributed by atoms with Crippen LogP contribution in [0.4, 0.5) is 5.69 Å². The highest BCUT2D eigenvalue weighted by Gasteiger charge is 2.16. The summed E-state index contributed by atoms with van der Waals surface area (Å²) in [6.45, 7) is 0.359. The van der Waals surface area contributed by atoms with Crippen molar-refractivity contribution in [2.45, 2.75) is 11.3 Å². The lowest BCUT2D eigenvalue weighted by Gasteiger charge is -2.10. The van der Waals surface area contributed by atoms with Gasteiger partial charge < -0.3 is 5.43 Å². The van der Waals surface area contributed by atoms with Crippen LogP contribution in [0.5, 0.6) is 0 Å². The van der Waals surface area contributed by atoms with Gasteiger partial charge in [-0.05, 0) is 40.9 Å². The van der Waals surface area contributed by atoms with Gasteiger partial charge in [0.15, 0.2) is 0 Å². The van der Waals surface area contributed by atoms with Gasteiger partial charge in [0, 0.05) is 6.54 Å². The number of rotatable bonds is 6. The van der Waals surface area contributed by atoms with Crippen molar-refractivity contribution >= 4 is 27.0 Å². The molecule has 0 aliphatic carbocycles. The van der Waals surface area contributed by atoms with E-state index in [1.807, 2.05) is 16.8 Å². The maximum absolute atomic E-state index is 12.1. The Morgan fingerprint density at radius 2 is 2.00 bits per heavy atom. The summed E-state index contributed by atoms with van der Waals surface area (Å²) in [6.07, 6.45) is 0.668. The molecular formula is C12H15N3O2S2. The zero-order valence-corrected chi connectivity index (χ0v) is 11.8. The molecule has 7 heteroatoms. The number of hydrogen-bond acceptors (Lipinski definition) is 5. The second kappa shape index (κ2) is 6.16. The molecule has 2 rings (SSSR count). The Hall–Kier alpha value is -1.41. The van der Waals surface area contributed by atoms with Gasteiger partial charge in [-0.25, -0.2) is 13.1 Å². The minimum atomic E-state index is -3.55. The van der Waals surface area contributed by atoms with Crippen molar-refractivity contribution in [2.75, 3.05) is 12.0 Å². The van der Waals surface area contributed by atoms with Gasteiger partial charge in [0.1, 0.15) is 4.90 Å². The normalized spacial score (nSPS) is 11.4. The minimum Gasteiger partial charge on any atom is -0.323 e. The molecule has 19 heavy (non-hydrogen) atoms. The first-order valence-corrected chi connectivity index (χ1v) is 8.12. The molecule has 0 radical (unpaired) electrons. The molecule has 0 fully saturated rings. The van der Waals surface area contributed by atoms with Crippen LogP contribution in [0, 0.1) is 0 Å². The van der Waals surface area contributed by atoms with E-state index in [4.69, 9.17) is 5.84 Å². The maximum Gasteiger partial charge on any atom is 0.242 e. The molecule has 0 saturated heterocycles. The third-order valence-corrected chi connectivity index (χ3v) is 4.87. The Kier molecular flexibility index (Phi) is 4.54. The highest BCUT2D eigenvalue weighted by Crippen LogP contribution is 2.19. The third kappa shape index (κ3) is 3.54. The molecule has 102 valence electrons. The van der Waals surface area contributed by atoms with Crippen molar-refractivity contribution in [1.82, 2.24) is 4.72 Å². The molecule has 0 aliphatic rings. The van der Waals surface area contributed by atoms with E-state index in [2.05, 4.69) is 10.1 Å². The quantitative estimate of drug-likeness (QED) is 0.558. The molecule has 0 aliphatic heterocycles. The second-order valence-corrected chi connectivity index (χ2v) is 6.44. The highest BCUT2D eigenvalue weighted by atomic mass is 32.2. The average Bonchev–Trinajstić information content (AvgIpc) is 2.91. The lowest BCUT2D eigenvalue weighted by molar-refractivity contribution is 0.582. The number of nitrogens with two attached hydrogens (primary N) is 1. The summed E-state index contributed by atoms with van der Waals surface area (Å²) in [7, 11) is -3.55. The maximum atomic E-state index is 12.1. The number of nitrogens with one attached hydrogen (secondary N) is 2. The van der Waals surface area contributed by atoms with E-state index in [-0.39, 0.29) is 4.90 Å². The molecule has 0 atom stereocenters. The Labute approximate surface area is 116 Å². The fraction of sp³-hybridized carbons (Fsp3) is 0.167. The van der Waals surface area contributed by atoms with Gasteiger partial charge in [-0.2, -0.15) is 11.3 Å². The Balaban J connectivity index is 2.05. The monoisotopic (exact) mass is 297 g/mol. The third-order valence-electron chi connectivity index (χ3n) is 2.62. The number of hydrazine groups is 1. The number of hydrogen-bond donors (Lipinski definition) is 3. The molecule has 5 nitrogen and oxygen atoms in total. The molecule has 1 heterocycles. The van der Waals surface area contributed by atoms with Gasteiger partial charge in [-0.15, -0.1) is 0 Å². The lowest BCUT2D eigenvalue weighted by Crippen LogP contribution is -2.27. The molecule has 0 bridgehead atoms. The van der Waals surface area contributed by atoms with Gasteiger partial charge in [0.25, 0.3) is 0 Å². The van der Waals surface area contributed by atoms with Gasteiger partial charge >= 0.3 is 0 Å². The predicted molar refractivity (Wildman–Crippen MR) is 77.5 cm³/mol. The van der Waals surface area contributed by atoms with Crippen LogP contribution in [0.25, 0.3) is 0 Å². The SMILES string of the molecule is NNc1ccccc1S(=O)(=O)NCCc1ccsc1. The van der Waals surface area contributed by atoms with Crippen LogP contribution < -0.4 is 16.0 Å². The van der Waals surface area contributed by atoms with E-state index in [0.717, 1.165) is 5.56 Å². The van der Waals surface area contributed by atoms with E-state index in [0.29, 0.717) is 18.7 Å². The number of thiophene rings is 1. The van der Waals surface area contributed by atoms with Crippen molar-refractivity contribution < 1.29 is 8.42 Å². The highest BCUT2D eigenvalue weighted by molar-refractivity contribution is 7.89. The van der Waals surface area contributed by atoms with Crippen LogP contribution in [0.1, 0.15) is 5.56 Å². The van der Waals surface area contributed by atoms with Crippen LogP contribution in [0.2, 0.25) is 0 Å². The van der Waals surface area contributed by atoms with Crippen molar-refractivity contribution in [2.24, 2.45) is 5.84 Å². The Bertz CT molecular complexity index is 624. The zero-order chi connectivity index (χ0) is 13.7. The minimum absolute atomic E-state index is 0.155. The van der Waals surface area contributed by atoms with Crippen LogP contribution in [0.15, 0.2) is 46.0 Å². The molecule has 2 aromatic rings. The second-order valence-electron chi connectivity index (χ2n) is 3.92. The predicted octanol–water partition coefficient (Wildman–Crippen LogP) is 1.55. The van der Waals surface area contributed by atoms with E-state index in [1.165, 1.54) is 6.07 Å². The summed E-state index contributed by atoms with van der Waals surface area (Å²) in [6, 6.07) is 8.50. The summed E-state index contributed by atoms with van der Waals surface area (Å²) in [5.74, 6) is 5.31. The molecule has 4 N–H and O–H groups in total. The standard InChI is InChI=1S/C12H15N3O2S2/c13-15-11-3-1-2-4-12(11)19(16,17)14-7-5-10-6-8-18-9-10/h1-4,6,8-9,14-15H,5,7,13H2. The molecule has 0 unspecified atom stereocenters. The smallest absolute Gasteiger partial charge is 0.242 e. The van der Waals surface area contributed by atoms with E-state index in [1.54, 1.807) is 29.5 Å². The topological polar surface area (TPSA) is 84.2 Å². The molecule has 1 aromatic carbocycles. The fourth-order valence-corrected chi connectivity index (χ4v) is 3.57. The van der Waals surface area contributed by atoms with Crippen molar-refractivity contribution in [3.8, 4) is 0 Å². The van der Waals surface area contributed by atoms with E-state index in [9.17, 15) is 8.42 Å². The summed E-state index contributed by atoms with van der Waals surface area (Å²) < 4.78 is 26.8. The van der Waals surface area contributed by atoms with Gasteiger partial charge in [-0.1, -0.05) is 12.1 Å². The first kappa shape index (κ1) is 14.0. The first-order valence-electron chi connectivity index (χ1n) is 5.70. The molecule has 0 amide bonds. The van der Waals surface area contributed by atoms with E-state index < -0.39 is 10.0 Å². The average molecular weight is 297 g/mol. The van der Waals surface area contributed by atoms with Crippen molar-refractivity contribution in [1.29, 1.82) is 0 Å². The summed E-state index contributed by atoms with van der Waals surface area (Å²) in [5.41, 5.74) is 3.89. The molecule has 1 aromatic heterocycles. The van der Waals surface area contributed by atoms with Crippen molar-refractivity contribution in [3.63, 3.8) is 0 Å². The lowest BCUT2D eigenvalue weighted by atomic mass is 10.2. The Morgan fingerprint density at radius 3 is 2.68 bits per heavy atom. The number of anilines is 1. The first-order chi connectivity index (χ1) is 9.13. The summed E-state index contributed by atoms with van der Waals surface area (Å²) in [5, 5.41) is 3.97. The molecule has 0 spiro atoms. The largest absolute Gasteiger partial charge is 0.323 e. The summed E-state index contributed by atoms with van der Waals surface area (Å²) in [4.78, 5) is 0.155.